The van der Waals surface area contributed by atoms with Gasteiger partial charge < -0.3 is 4.57 Å². The number of para-hydroxylation sites is 2. The van der Waals surface area contributed by atoms with Crippen LogP contribution in [-0.2, 0) is 0 Å². The summed E-state index contributed by atoms with van der Waals surface area (Å²) in [5.41, 5.74) is 6.23. The van der Waals surface area contributed by atoms with E-state index in [1.807, 2.05) is 29.5 Å². The first kappa shape index (κ1) is 33.3. The fourth-order valence-electron chi connectivity index (χ4n) is 9.56. The molecule has 0 spiro atoms. The fourth-order valence-corrected chi connectivity index (χ4v) is 10.8. The van der Waals surface area contributed by atoms with Crippen molar-refractivity contribution in [2.45, 2.75) is 0 Å². The Hall–Kier alpha value is -7.73. The van der Waals surface area contributed by atoms with Crippen LogP contribution in [0.3, 0.4) is 0 Å². The third kappa shape index (κ3) is 4.87. The molecule has 5 heteroatoms. The lowest BCUT2D eigenvalue weighted by atomic mass is 9.93. The molecule has 0 fully saturated rings. The van der Waals surface area contributed by atoms with Crippen LogP contribution in [0.25, 0.3) is 125 Å². The summed E-state index contributed by atoms with van der Waals surface area (Å²) in [7, 11) is 0. The SMILES string of the molecule is c1ccc(-c2nc(-c3ccc4c5ccccc5c5ccccc5c4c3)nc(-c3cc4c(c5ccccc5n4-c4ccccc4)c4c3ccc3c5ccccc5sc34)n2)cc1. The van der Waals surface area contributed by atoms with E-state index in [1.54, 1.807) is 0 Å². The van der Waals surface area contributed by atoms with Gasteiger partial charge in [0.1, 0.15) is 0 Å². The summed E-state index contributed by atoms with van der Waals surface area (Å²) in [5.74, 6) is 1.91. The van der Waals surface area contributed by atoms with E-state index in [0.717, 1.165) is 38.8 Å². The number of hydrogen-bond donors (Lipinski definition) is 0. The van der Waals surface area contributed by atoms with Gasteiger partial charge in [0.2, 0.25) is 0 Å². The van der Waals surface area contributed by atoms with Crippen LogP contribution in [0, 0.1) is 0 Å². The molecule has 0 N–H and O–H groups in total. The van der Waals surface area contributed by atoms with Gasteiger partial charge in [-0.1, -0.05) is 158 Å². The minimum Gasteiger partial charge on any atom is -0.309 e. The lowest BCUT2D eigenvalue weighted by Gasteiger charge is -2.14. The lowest BCUT2D eigenvalue weighted by Crippen LogP contribution is -2.01. The van der Waals surface area contributed by atoms with Crippen LogP contribution < -0.4 is 0 Å². The number of nitrogens with zero attached hydrogens (tertiary/aromatic N) is 4. The predicted molar refractivity (Wildman–Crippen MR) is 253 cm³/mol. The van der Waals surface area contributed by atoms with Crippen molar-refractivity contribution in [1.29, 1.82) is 0 Å². The summed E-state index contributed by atoms with van der Waals surface area (Å²) in [6, 6.07) is 69.5. The minimum absolute atomic E-state index is 0.637. The first-order valence-electron chi connectivity index (χ1n) is 20.3. The molecular formula is C55H32N4S. The van der Waals surface area contributed by atoms with E-state index in [9.17, 15) is 0 Å². The number of thiophene rings is 1. The average molecular weight is 781 g/mol. The molecule has 0 aliphatic carbocycles. The van der Waals surface area contributed by atoms with Crippen LogP contribution in [0.1, 0.15) is 0 Å². The molecule has 3 heterocycles. The number of aromatic nitrogens is 4. The first-order valence-corrected chi connectivity index (χ1v) is 21.1. The summed E-state index contributed by atoms with van der Waals surface area (Å²) in [6.45, 7) is 0. The maximum atomic E-state index is 5.46. The summed E-state index contributed by atoms with van der Waals surface area (Å²) < 4.78 is 4.94. The smallest absolute Gasteiger partial charge is 0.164 e. The number of fused-ring (bicyclic) bond motifs is 15. The van der Waals surface area contributed by atoms with Gasteiger partial charge >= 0.3 is 0 Å². The molecule has 13 aromatic rings. The van der Waals surface area contributed by atoms with E-state index >= 15 is 0 Å². The van der Waals surface area contributed by atoms with Gasteiger partial charge in [0.05, 0.1) is 11.0 Å². The summed E-state index contributed by atoms with van der Waals surface area (Å²) in [6.07, 6.45) is 0. The predicted octanol–water partition coefficient (Wildman–Crippen LogP) is 15.0. The third-order valence-corrected chi connectivity index (χ3v) is 13.4. The Morgan fingerprint density at radius 1 is 0.333 bits per heavy atom. The van der Waals surface area contributed by atoms with E-state index in [0.29, 0.717) is 17.5 Å². The van der Waals surface area contributed by atoms with Crippen molar-refractivity contribution in [3.05, 3.63) is 194 Å². The molecule has 0 saturated heterocycles. The van der Waals surface area contributed by atoms with Crippen molar-refractivity contribution in [3.63, 3.8) is 0 Å². The molecule has 13 rings (SSSR count). The molecule has 0 atom stereocenters. The zero-order valence-corrected chi connectivity index (χ0v) is 33.0. The molecule has 0 bridgehead atoms. The Morgan fingerprint density at radius 3 is 1.60 bits per heavy atom. The average Bonchev–Trinajstić information content (AvgIpc) is 3.87. The maximum absolute atomic E-state index is 5.46. The molecule has 60 heavy (non-hydrogen) atoms. The second kappa shape index (κ2) is 12.9. The van der Waals surface area contributed by atoms with Gasteiger partial charge in [0, 0.05) is 58.7 Å². The highest BCUT2D eigenvalue weighted by Crippen LogP contribution is 2.47. The number of rotatable bonds is 4. The summed E-state index contributed by atoms with van der Waals surface area (Å²) >= 11 is 1.86. The summed E-state index contributed by atoms with van der Waals surface area (Å²) in [4.78, 5) is 16.1. The Balaban J connectivity index is 1.16. The molecule has 0 amide bonds. The van der Waals surface area contributed by atoms with E-state index in [1.165, 1.54) is 68.6 Å². The van der Waals surface area contributed by atoms with Crippen LogP contribution in [0.4, 0.5) is 0 Å². The van der Waals surface area contributed by atoms with Crippen molar-refractivity contribution in [2.75, 3.05) is 0 Å². The van der Waals surface area contributed by atoms with Gasteiger partial charge in [-0.25, -0.2) is 15.0 Å². The van der Waals surface area contributed by atoms with Crippen LogP contribution in [-0.4, -0.2) is 19.5 Å². The zero-order valence-electron chi connectivity index (χ0n) is 32.2. The fraction of sp³-hybridized carbons (Fsp3) is 0. The van der Waals surface area contributed by atoms with Gasteiger partial charge in [-0.3, -0.25) is 0 Å². The topological polar surface area (TPSA) is 43.6 Å². The Labute approximate surface area is 348 Å². The molecule has 10 aromatic carbocycles. The highest BCUT2D eigenvalue weighted by Gasteiger charge is 2.23. The molecule has 278 valence electrons. The Morgan fingerprint density at radius 2 is 0.867 bits per heavy atom. The molecule has 3 aromatic heterocycles. The normalized spacial score (nSPS) is 12.0. The van der Waals surface area contributed by atoms with Gasteiger partial charge in [-0.2, -0.15) is 0 Å². The number of hydrogen-bond acceptors (Lipinski definition) is 4. The molecule has 0 aliphatic rings. The van der Waals surface area contributed by atoms with Crippen molar-refractivity contribution in [2.24, 2.45) is 0 Å². The van der Waals surface area contributed by atoms with Crippen molar-refractivity contribution in [3.8, 4) is 39.9 Å². The highest BCUT2D eigenvalue weighted by molar-refractivity contribution is 7.26. The monoisotopic (exact) mass is 780 g/mol. The zero-order chi connectivity index (χ0) is 39.3. The lowest BCUT2D eigenvalue weighted by molar-refractivity contribution is 1.08. The molecule has 0 unspecified atom stereocenters. The van der Waals surface area contributed by atoms with Gasteiger partial charge in [-0.15, -0.1) is 11.3 Å². The van der Waals surface area contributed by atoms with Crippen molar-refractivity contribution >= 4 is 96.4 Å². The van der Waals surface area contributed by atoms with Gasteiger partial charge in [-0.05, 0) is 74.1 Å². The highest BCUT2D eigenvalue weighted by atomic mass is 32.1. The minimum atomic E-state index is 0.637. The van der Waals surface area contributed by atoms with Gasteiger partial charge in [0.15, 0.2) is 17.5 Å². The Bertz CT molecular complexity index is 3850. The van der Waals surface area contributed by atoms with Crippen LogP contribution in [0.5, 0.6) is 0 Å². The van der Waals surface area contributed by atoms with E-state index in [4.69, 9.17) is 15.0 Å². The van der Waals surface area contributed by atoms with Crippen molar-refractivity contribution in [1.82, 2.24) is 19.5 Å². The molecule has 4 nitrogen and oxygen atoms in total. The number of benzene rings is 10. The van der Waals surface area contributed by atoms with Crippen molar-refractivity contribution < 1.29 is 0 Å². The largest absolute Gasteiger partial charge is 0.309 e. The van der Waals surface area contributed by atoms with E-state index in [2.05, 4.69) is 180 Å². The standard InChI is InChI=1S/C55H32N4S/c1-3-15-33(16-4-1)53-56-54(34-27-28-40-38-21-8-7-19-36(38)37-20-9-10-22-39(37)45(40)31-34)58-55(57-53)46-32-48-50(44-24-11-13-25-47(44)59(48)35-17-5-2-6-18-35)51-42(46)29-30-43-41-23-12-14-26-49(41)60-52(43)51/h1-32H. The Kier molecular flexibility index (Phi) is 7.14. The maximum Gasteiger partial charge on any atom is 0.164 e. The second-order valence-corrected chi connectivity index (χ2v) is 16.5. The second-order valence-electron chi connectivity index (χ2n) is 15.5. The van der Waals surface area contributed by atoms with Gasteiger partial charge in [0.25, 0.3) is 0 Å². The summed E-state index contributed by atoms with van der Waals surface area (Å²) in [5, 5.41) is 14.6. The molecule has 0 aliphatic heterocycles. The van der Waals surface area contributed by atoms with Crippen LogP contribution in [0.2, 0.25) is 0 Å². The van der Waals surface area contributed by atoms with E-state index < -0.39 is 0 Å². The third-order valence-electron chi connectivity index (χ3n) is 12.2. The molecular weight excluding hydrogens is 749 g/mol. The first-order chi connectivity index (χ1) is 29.8. The quantitative estimate of drug-likeness (QED) is 0.167. The van der Waals surface area contributed by atoms with E-state index in [-0.39, 0.29) is 0 Å². The van der Waals surface area contributed by atoms with Crippen LogP contribution >= 0.6 is 11.3 Å². The van der Waals surface area contributed by atoms with Crippen LogP contribution in [0.15, 0.2) is 194 Å². The molecule has 0 saturated carbocycles. The molecule has 0 radical (unpaired) electrons.